The van der Waals surface area contributed by atoms with Crippen LogP contribution in [0.25, 0.3) is 0 Å². The second-order valence-corrected chi connectivity index (χ2v) is 11.5. The Hall–Kier alpha value is -2.79. The number of hydrogen-bond acceptors (Lipinski definition) is 4. The Morgan fingerprint density at radius 2 is 1.45 bits per heavy atom. The molecule has 1 saturated carbocycles. The van der Waals surface area contributed by atoms with Crippen LogP contribution in [0.15, 0.2) is 48.5 Å². The van der Waals surface area contributed by atoms with Gasteiger partial charge in [0, 0.05) is 5.41 Å². The maximum atomic E-state index is 13.4. The molecule has 40 heavy (non-hydrogen) atoms. The van der Waals surface area contributed by atoms with Crippen LogP contribution in [0.2, 0.25) is 0 Å². The summed E-state index contributed by atoms with van der Waals surface area (Å²) in [5.74, 6) is 0. The average Bonchev–Trinajstić information content (AvgIpc) is 2.86. The van der Waals surface area contributed by atoms with E-state index in [1.54, 1.807) is 20.8 Å². The molecular weight excluding hydrogens is 540 g/mol. The van der Waals surface area contributed by atoms with Crippen molar-refractivity contribution in [2.75, 3.05) is 13.2 Å². The molecule has 0 unspecified atom stereocenters. The molecule has 11 heteroatoms. The number of amides is 1. The van der Waals surface area contributed by atoms with Gasteiger partial charge in [0.1, 0.15) is 5.60 Å². The van der Waals surface area contributed by atoms with Gasteiger partial charge in [-0.15, -0.1) is 0 Å². The number of hydrogen-bond donors (Lipinski definition) is 2. The van der Waals surface area contributed by atoms with Gasteiger partial charge >= 0.3 is 18.4 Å². The van der Waals surface area contributed by atoms with Crippen molar-refractivity contribution < 1.29 is 45.7 Å². The summed E-state index contributed by atoms with van der Waals surface area (Å²) in [5, 5.41) is 13.0. The van der Waals surface area contributed by atoms with Gasteiger partial charge in [0.05, 0.1) is 36.0 Å². The maximum Gasteiger partial charge on any atom is 0.416 e. The fourth-order valence-corrected chi connectivity index (χ4v) is 4.95. The molecule has 1 atom stereocenters. The number of halogens is 6. The normalized spacial score (nSPS) is 23.0. The largest absolute Gasteiger partial charge is 0.444 e. The summed E-state index contributed by atoms with van der Waals surface area (Å²) in [5.41, 5.74) is -4.49. The van der Waals surface area contributed by atoms with Crippen LogP contribution in [0, 0.1) is 0 Å². The van der Waals surface area contributed by atoms with Gasteiger partial charge in [-0.2, -0.15) is 26.3 Å². The molecule has 5 nitrogen and oxygen atoms in total. The molecule has 1 amide bonds. The number of aliphatic hydroxyl groups excluding tert-OH is 1. The lowest BCUT2D eigenvalue weighted by atomic mass is 9.64. The molecule has 3 rings (SSSR count). The van der Waals surface area contributed by atoms with Crippen LogP contribution in [0.5, 0.6) is 0 Å². The van der Waals surface area contributed by atoms with Crippen molar-refractivity contribution in [1.82, 2.24) is 5.32 Å². The van der Waals surface area contributed by atoms with Crippen LogP contribution >= 0.6 is 0 Å². The van der Waals surface area contributed by atoms with Gasteiger partial charge in [-0.05, 0) is 82.7 Å². The Bertz CT molecular complexity index is 1120. The summed E-state index contributed by atoms with van der Waals surface area (Å²) in [4.78, 5) is 12.5. The number of carbonyl (C=O) groups excluding carboxylic acids is 1. The Kier molecular flexibility index (Phi) is 9.20. The first-order valence-electron chi connectivity index (χ1n) is 13.0. The van der Waals surface area contributed by atoms with Gasteiger partial charge < -0.3 is 19.9 Å². The van der Waals surface area contributed by atoms with E-state index in [1.165, 1.54) is 6.92 Å². The monoisotopic (exact) mass is 575 g/mol. The van der Waals surface area contributed by atoms with Crippen molar-refractivity contribution in [3.8, 4) is 0 Å². The van der Waals surface area contributed by atoms with Crippen molar-refractivity contribution in [2.24, 2.45) is 0 Å². The smallest absolute Gasteiger partial charge is 0.416 e. The molecular formula is C29H35F6NO4. The standard InChI is InChI=1S/C29H35F6NO4/c1-19(20-14-22(28(30,31)32)16-23(15-20)29(33,34)35)39-18-26(21-8-6-5-7-9-21)10-12-27(17-37,13-11-26)36-24(38)40-25(2,3)4/h5-9,14-16,19,37H,10-13,17-18H2,1-4H3,(H,36,38)/t19-,26?,27?/m1/s1. The molecule has 2 aromatic rings. The number of nitrogens with one attached hydrogen (secondary N) is 1. The predicted octanol–water partition coefficient (Wildman–Crippen LogP) is 7.57. The molecule has 1 fully saturated rings. The first-order chi connectivity index (χ1) is 18.4. The van der Waals surface area contributed by atoms with Crippen molar-refractivity contribution in [3.05, 3.63) is 70.8 Å². The van der Waals surface area contributed by atoms with Crippen LogP contribution in [-0.4, -0.2) is 35.6 Å². The summed E-state index contributed by atoms with van der Waals surface area (Å²) in [6, 6.07) is 10.7. The summed E-state index contributed by atoms with van der Waals surface area (Å²) < 4.78 is 91.6. The van der Waals surface area contributed by atoms with E-state index >= 15 is 0 Å². The zero-order valence-corrected chi connectivity index (χ0v) is 22.9. The molecule has 0 radical (unpaired) electrons. The van der Waals surface area contributed by atoms with Crippen molar-refractivity contribution in [1.29, 1.82) is 0 Å². The Morgan fingerprint density at radius 1 is 0.925 bits per heavy atom. The third-order valence-electron chi connectivity index (χ3n) is 7.31. The van der Waals surface area contributed by atoms with Gasteiger partial charge in [0.2, 0.25) is 0 Å². The quantitative estimate of drug-likeness (QED) is 0.334. The van der Waals surface area contributed by atoms with E-state index in [9.17, 15) is 36.2 Å². The number of aliphatic hydroxyl groups is 1. The zero-order valence-electron chi connectivity index (χ0n) is 22.9. The highest BCUT2D eigenvalue weighted by atomic mass is 19.4. The number of ether oxygens (including phenoxy) is 2. The lowest BCUT2D eigenvalue weighted by Crippen LogP contribution is -2.57. The van der Waals surface area contributed by atoms with E-state index in [2.05, 4.69) is 5.32 Å². The van der Waals surface area contributed by atoms with E-state index in [4.69, 9.17) is 9.47 Å². The van der Waals surface area contributed by atoms with E-state index in [1.807, 2.05) is 30.3 Å². The Morgan fingerprint density at radius 3 is 1.90 bits per heavy atom. The molecule has 0 heterocycles. The first kappa shape index (κ1) is 31.7. The summed E-state index contributed by atoms with van der Waals surface area (Å²) in [6.45, 7) is 6.25. The lowest BCUT2D eigenvalue weighted by molar-refractivity contribution is -0.143. The van der Waals surface area contributed by atoms with E-state index in [-0.39, 0.29) is 24.8 Å². The fraction of sp³-hybridized carbons (Fsp3) is 0.552. The second-order valence-electron chi connectivity index (χ2n) is 11.5. The van der Waals surface area contributed by atoms with Crippen LogP contribution in [0.1, 0.15) is 81.7 Å². The van der Waals surface area contributed by atoms with Crippen molar-refractivity contribution in [2.45, 2.75) is 88.4 Å². The summed E-state index contributed by atoms with van der Waals surface area (Å²) >= 11 is 0. The number of carbonyl (C=O) groups is 1. The minimum Gasteiger partial charge on any atom is -0.444 e. The molecule has 0 aromatic heterocycles. The second kappa shape index (κ2) is 11.6. The molecule has 0 bridgehead atoms. The molecule has 0 saturated heterocycles. The van der Waals surface area contributed by atoms with Crippen LogP contribution in [-0.2, 0) is 27.2 Å². The van der Waals surface area contributed by atoms with Crippen LogP contribution in [0.3, 0.4) is 0 Å². The van der Waals surface area contributed by atoms with Crippen LogP contribution < -0.4 is 5.32 Å². The van der Waals surface area contributed by atoms with E-state index < -0.39 is 52.2 Å². The SMILES string of the molecule is C[C@@H](OCC1(c2ccccc2)CCC(CO)(NC(=O)OC(C)(C)C)CC1)c1cc(C(F)(F)F)cc(C(F)(F)F)c1. The minimum absolute atomic E-state index is 0.00369. The highest BCUT2D eigenvalue weighted by molar-refractivity contribution is 5.69. The van der Waals surface area contributed by atoms with Gasteiger partial charge in [-0.3, -0.25) is 0 Å². The van der Waals surface area contributed by atoms with Gasteiger partial charge in [0.15, 0.2) is 0 Å². The van der Waals surface area contributed by atoms with Gasteiger partial charge in [0.25, 0.3) is 0 Å². The molecule has 2 aromatic carbocycles. The van der Waals surface area contributed by atoms with Crippen LogP contribution in [0.4, 0.5) is 31.1 Å². The molecule has 1 aliphatic rings. The number of rotatable bonds is 7. The molecule has 1 aliphatic carbocycles. The number of alkyl halides is 6. The fourth-order valence-electron chi connectivity index (χ4n) is 4.95. The Labute approximate surface area is 229 Å². The van der Waals surface area contributed by atoms with Gasteiger partial charge in [-0.25, -0.2) is 4.79 Å². The number of alkyl carbamates (subject to hydrolysis) is 1. The molecule has 222 valence electrons. The molecule has 0 spiro atoms. The zero-order chi connectivity index (χ0) is 30.0. The van der Waals surface area contributed by atoms with Gasteiger partial charge in [-0.1, -0.05) is 30.3 Å². The first-order valence-corrected chi connectivity index (χ1v) is 13.0. The third kappa shape index (κ3) is 7.90. The molecule has 2 N–H and O–H groups in total. The third-order valence-corrected chi connectivity index (χ3v) is 7.31. The highest BCUT2D eigenvalue weighted by Gasteiger charge is 2.45. The number of benzene rings is 2. The highest BCUT2D eigenvalue weighted by Crippen LogP contribution is 2.45. The van der Waals surface area contributed by atoms with E-state index in [0.717, 1.165) is 5.56 Å². The van der Waals surface area contributed by atoms with Crippen molar-refractivity contribution >= 4 is 6.09 Å². The summed E-state index contributed by atoms with van der Waals surface area (Å²) in [6.07, 6.45) is -10.1. The molecule has 0 aliphatic heterocycles. The maximum absolute atomic E-state index is 13.4. The Balaban J connectivity index is 1.85. The average molecular weight is 576 g/mol. The lowest BCUT2D eigenvalue weighted by Gasteiger charge is -2.46. The summed E-state index contributed by atoms with van der Waals surface area (Å²) in [7, 11) is 0. The van der Waals surface area contributed by atoms with Crippen molar-refractivity contribution in [3.63, 3.8) is 0 Å². The topological polar surface area (TPSA) is 67.8 Å². The van der Waals surface area contributed by atoms with E-state index in [0.29, 0.717) is 37.8 Å². The minimum atomic E-state index is -4.96. The predicted molar refractivity (Wildman–Crippen MR) is 137 cm³/mol.